The molecule has 2 aromatic rings. The van der Waals surface area contributed by atoms with Gasteiger partial charge in [-0.05, 0) is 37.0 Å². The first-order chi connectivity index (χ1) is 14.5. The Bertz CT molecular complexity index is 878. The number of ether oxygens (including phenoxy) is 2. The number of imidazole rings is 1. The number of nitrogens with one attached hydrogen (secondary N) is 1. The van der Waals surface area contributed by atoms with Gasteiger partial charge in [0.2, 0.25) is 6.79 Å². The molecule has 0 aliphatic carbocycles. The van der Waals surface area contributed by atoms with Crippen LogP contribution >= 0.6 is 0 Å². The van der Waals surface area contributed by atoms with E-state index in [-0.39, 0.29) is 5.41 Å². The maximum Gasteiger partial charge on any atom is 0.231 e. The van der Waals surface area contributed by atoms with Crippen LogP contribution in [0.2, 0.25) is 0 Å². The van der Waals surface area contributed by atoms with Crippen LogP contribution in [0.1, 0.15) is 45.7 Å². The van der Waals surface area contributed by atoms with Gasteiger partial charge in [0.25, 0.3) is 0 Å². The van der Waals surface area contributed by atoms with Crippen LogP contribution in [0.4, 0.5) is 0 Å². The van der Waals surface area contributed by atoms with Gasteiger partial charge in [0, 0.05) is 37.4 Å². The number of likely N-dealkylation sites (tertiary alicyclic amines) is 1. The standard InChI is InChI=1S/C23H33N5O2/c1-5-25-22(27-10-8-17(2)19(13-27)28-11-9-24-15-28)26-14-23(3,4)18-6-7-20-21(12-18)30-16-29-20/h6-7,9,11-12,15,17,19H,5,8,10,13-14,16H2,1-4H3,(H,25,26). The van der Waals surface area contributed by atoms with Gasteiger partial charge in [-0.2, -0.15) is 0 Å². The summed E-state index contributed by atoms with van der Waals surface area (Å²) in [6.45, 7) is 12.7. The fourth-order valence-corrected chi connectivity index (χ4v) is 4.20. The van der Waals surface area contributed by atoms with Crippen LogP contribution < -0.4 is 14.8 Å². The van der Waals surface area contributed by atoms with Crippen molar-refractivity contribution in [3.63, 3.8) is 0 Å². The Kier molecular flexibility index (Phi) is 5.88. The highest BCUT2D eigenvalue weighted by molar-refractivity contribution is 5.80. The molecule has 0 bridgehead atoms. The number of guanidine groups is 1. The Balaban J connectivity index is 1.50. The Morgan fingerprint density at radius 3 is 2.90 bits per heavy atom. The van der Waals surface area contributed by atoms with Gasteiger partial charge >= 0.3 is 0 Å². The Labute approximate surface area is 179 Å². The van der Waals surface area contributed by atoms with E-state index in [1.54, 1.807) is 0 Å². The van der Waals surface area contributed by atoms with Crippen LogP contribution in [0.5, 0.6) is 11.5 Å². The molecule has 1 fully saturated rings. The molecule has 0 radical (unpaired) electrons. The molecule has 162 valence electrons. The lowest BCUT2D eigenvalue weighted by Gasteiger charge is -2.39. The lowest BCUT2D eigenvalue weighted by atomic mass is 9.84. The van der Waals surface area contributed by atoms with Crippen LogP contribution in [0, 0.1) is 5.92 Å². The smallest absolute Gasteiger partial charge is 0.231 e. The van der Waals surface area contributed by atoms with Crippen molar-refractivity contribution in [2.75, 3.05) is 33.0 Å². The summed E-state index contributed by atoms with van der Waals surface area (Å²) in [5.74, 6) is 3.25. The van der Waals surface area contributed by atoms with Gasteiger partial charge in [-0.3, -0.25) is 4.99 Å². The molecule has 1 saturated heterocycles. The first kappa shape index (κ1) is 20.6. The van der Waals surface area contributed by atoms with Gasteiger partial charge in [-0.15, -0.1) is 0 Å². The van der Waals surface area contributed by atoms with E-state index in [0.29, 0.717) is 25.3 Å². The molecule has 0 saturated carbocycles. The number of fused-ring (bicyclic) bond motifs is 1. The van der Waals surface area contributed by atoms with E-state index in [0.717, 1.165) is 43.5 Å². The molecule has 1 aromatic carbocycles. The highest BCUT2D eigenvalue weighted by Gasteiger charge is 2.30. The Hall–Kier alpha value is -2.70. The second-order valence-corrected chi connectivity index (χ2v) is 8.91. The summed E-state index contributed by atoms with van der Waals surface area (Å²) in [4.78, 5) is 11.7. The minimum atomic E-state index is -0.117. The molecule has 30 heavy (non-hydrogen) atoms. The quantitative estimate of drug-likeness (QED) is 0.603. The molecule has 4 rings (SSSR count). The van der Waals surface area contributed by atoms with Crippen molar-refractivity contribution in [1.29, 1.82) is 0 Å². The zero-order valence-electron chi connectivity index (χ0n) is 18.5. The second kappa shape index (κ2) is 8.58. The number of rotatable bonds is 5. The van der Waals surface area contributed by atoms with E-state index in [4.69, 9.17) is 14.5 Å². The SMILES string of the molecule is CCNC(=NCC(C)(C)c1ccc2c(c1)OCO2)N1CCC(C)C(n2ccnc2)C1. The predicted octanol–water partition coefficient (Wildman–Crippen LogP) is 3.44. The summed E-state index contributed by atoms with van der Waals surface area (Å²) in [5, 5.41) is 3.51. The number of hydrogen-bond acceptors (Lipinski definition) is 4. The molecule has 1 N–H and O–H groups in total. The number of piperidine rings is 1. The van der Waals surface area contributed by atoms with Crippen molar-refractivity contribution < 1.29 is 9.47 Å². The summed E-state index contributed by atoms with van der Waals surface area (Å²) >= 11 is 0. The largest absolute Gasteiger partial charge is 0.454 e. The van der Waals surface area contributed by atoms with E-state index in [9.17, 15) is 0 Å². The third kappa shape index (κ3) is 4.25. The topological polar surface area (TPSA) is 63.9 Å². The summed E-state index contributed by atoms with van der Waals surface area (Å²) < 4.78 is 13.2. The fourth-order valence-electron chi connectivity index (χ4n) is 4.20. The zero-order valence-corrected chi connectivity index (χ0v) is 18.5. The van der Waals surface area contributed by atoms with Crippen molar-refractivity contribution in [2.45, 2.75) is 45.6 Å². The normalized spacial score (nSPS) is 21.7. The molecule has 1 aromatic heterocycles. The molecule has 0 spiro atoms. The fraction of sp³-hybridized carbons (Fsp3) is 0.565. The monoisotopic (exact) mass is 411 g/mol. The van der Waals surface area contributed by atoms with Crippen LogP contribution in [-0.2, 0) is 5.41 Å². The second-order valence-electron chi connectivity index (χ2n) is 8.91. The van der Waals surface area contributed by atoms with Crippen molar-refractivity contribution in [1.82, 2.24) is 19.8 Å². The molecule has 3 heterocycles. The van der Waals surface area contributed by atoms with Gasteiger partial charge in [0.1, 0.15) is 0 Å². The van der Waals surface area contributed by atoms with Gasteiger partial charge in [0.15, 0.2) is 17.5 Å². The predicted molar refractivity (Wildman–Crippen MR) is 118 cm³/mol. The van der Waals surface area contributed by atoms with Crippen LogP contribution in [0.25, 0.3) is 0 Å². The molecule has 2 unspecified atom stereocenters. The number of hydrogen-bond donors (Lipinski definition) is 1. The van der Waals surface area contributed by atoms with Gasteiger partial charge in [-0.25, -0.2) is 4.98 Å². The minimum absolute atomic E-state index is 0.117. The highest BCUT2D eigenvalue weighted by Crippen LogP contribution is 2.36. The molecule has 7 heteroatoms. The van der Waals surface area contributed by atoms with Gasteiger partial charge in [-0.1, -0.05) is 26.8 Å². The summed E-state index contributed by atoms with van der Waals surface area (Å²) in [6.07, 6.45) is 6.99. The van der Waals surface area contributed by atoms with Gasteiger partial charge < -0.3 is 24.3 Å². The number of nitrogens with zero attached hydrogens (tertiary/aromatic N) is 4. The number of benzene rings is 1. The van der Waals surface area contributed by atoms with E-state index in [1.165, 1.54) is 5.56 Å². The molecule has 2 aliphatic heterocycles. The van der Waals surface area contributed by atoms with E-state index in [1.807, 2.05) is 18.6 Å². The summed E-state index contributed by atoms with van der Waals surface area (Å²) in [5.41, 5.74) is 1.09. The van der Waals surface area contributed by atoms with Crippen molar-refractivity contribution in [3.05, 3.63) is 42.5 Å². The first-order valence-electron chi connectivity index (χ1n) is 10.9. The van der Waals surface area contributed by atoms with Crippen LogP contribution in [-0.4, -0.2) is 53.4 Å². The van der Waals surface area contributed by atoms with E-state index >= 15 is 0 Å². The van der Waals surface area contributed by atoms with Crippen LogP contribution in [0.15, 0.2) is 41.9 Å². The Morgan fingerprint density at radius 2 is 2.13 bits per heavy atom. The van der Waals surface area contributed by atoms with Crippen molar-refractivity contribution in [2.24, 2.45) is 10.9 Å². The van der Waals surface area contributed by atoms with Crippen molar-refractivity contribution in [3.8, 4) is 11.5 Å². The average molecular weight is 412 g/mol. The maximum absolute atomic E-state index is 5.56. The average Bonchev–Trinajstić information content (AvgIpc) is 3.43. The Morgan fingerprint density at radius 1 is 1.30 bits per heavy atom. The zero-order chi connectivity index (χ0) is 21.1. The van der Waals surface area contributed by atoms with E-state index < -0.39 is 0 Å². The molecular formula is C23H33N5O2. The lowest BCUT2D eigenvalue weighted by Crippen LogP contribution is -2.49. The number of aromatic nitrogens is 2. The highest BCUT2D eigenvalue weighted by atomic mass is 16.7. The van der Waals surface area contributed by atoms with Gasteiger partial charge in [0.05, 0.1) is 18.9 Å². The molecule has 2 aliphatic rings. The summed E-state index contributed by atoms with van der Waals surface area (Å²) in [6, 6.07) is 6.61. The first-order valence-corrected chi connectivity index (χ1v) is 10.9. The molecular weight excluding hydrogens is 378 g/mol. The molecule has 2 atom stereocenters. The van der Waals surface area contributed by atoms with Crippen LogP contribution in [0.3, 0.4) is 0 Å². The lowest BCUT2D eigenvalue weighted by molar-refractivity contribution is 0.174. The number of aliphatic imine (C=N–C) groups is 1. The maximum atomic E-state index is 5.56. The molecule has 7 nitrogen and oxygen atoms in total. The molecule has 0 amide bonds. The third-order valence-electron chi connectivity index (χ3n) is 6.24. The van der Waals surface area contributed by atoms with Crippen molar-refractivity contribution >= 4 is 5.96 Å². The minimum Gasteiger partial charge on any atom is -0.454 e. The summed E-state index contributed by atoms with van der Waals surface area (Å²) in [7, 11) is 0. The van der Waals surface area contributed by atoms with E-state index in [2.05, 4.69) is 65.8 Å². The third-order valence-corrected chi connectivity index (χ3v) is 6.24.